The van der Waals surface area contributed by atoms with Crippen LogP contribution in [0.25, 0.3) is 66.1 Å². The van der Waals surface area contributed by atoms with Gasteiger partial charge in [-0.3, -0.25) is 0 Å². The minimum Gasteiger partial charge on any atom is -0.309 e. The zero-order chi connectivity index (χ0) is 37.8. The van der Waals surface area contributed by atoms with Crippen LogP contribution in [0.15, 0.2) is 231 Å². The van der Waals surface area contributed by atoms with Gasteiger partial charge in [-0.1, -0.05) is 194 Å². The number of para-hydroxylation sites is 3. The summed E-state index contributed by atoms with van der Waals surface area (Å²) in [7, 11) is -2.95. The molecule has 0 aliphatic rings. The van der Waals surface area contributed by atoms with Crippen molar-refractivity contribution in [1.29, 1.82) is 0 Å². The summed E-state index contributed by atoms with van der Waals surface area (Å²) in [6.45, 7) is 0. The van der Waals surface area contributed by atoms with E-state index in [1.54, 1.807) is 0 Å². The van der Waals surface area contributed by atoms with E-state index in [2.05, 4.69) is 240 Å². The Morgan fingerprint density at radius 1 is 0.316 bits per heavy atom. The van der Waals surface area contributed by atoms with Crippen molar-refractivity contribution < 1.29 is 0 Å². The molecule has 0 spiro atoms. The summed E-state index contributed by atoms with van der Waals surface area (Å²) < 4.78 is 5.00. The maximum Gasteiger partial charge on any atom is 0.180 e. The van der Waals surface area contributed by atoms with Gasteiger partial charge in [0.15, 0.2) is 8.07 Å². The van der Waals surface area contributed by atoms with Crippen LogP contribution in [0.3, 0.4) is 0 Å². The smallest absolute Gasteiger partial charge is 0.180 e. The summed E-state index contributed by atoms with van der Waals surface area (Å²) in [4.78, 5) is 0. The quantitative estimate of drug-likeness (QED) is 0.114. The van der Waals surface area contributed by atoms with Crippen LogP contribution in [-0.4, -0.2) is 17.2 Å². The second-order valence-corrected chi connectivity index (χ2v) is 18.6. The Balaban J connectivity index is 1.37. The molecule has 2 heterocycles. The Morgan fingerprint density at radius 3 is 1.35 bits per heavy atom. The van der Waals surface area contributed by atoms with Gasteiger partial charge in [0.2, 0.25) is 0 Å². The molecule has 0 unspecified atom stereocenters. The number of fused-ring (bicyclic) bond motifs is 6. The van der Waals surface area contributed by atoms with Crippen molar-refractivity contribution in [2.45, 2.75) is 0 Å². The minimum atomic E-state index is -2.95. The van der Waals surface area contributed by atoms with E-state index >= 15 is 0 Å². The molecule has 0 saturated heterocycles. The summed E-state index contributed by atoms with van der Waals surface area (Å²) in [6.07, 6.45) is 0. The largest absolute Gasteiger partial charge is 0.309 e. The molecular formula is C54H38N2Si. The van der Waals surface area contributed by atoms with Crippen molar-refractivity contribution in [3.63, 3.8) is 0 Å². The molecule has 11 aromatic rings. The standard InChI is InChI=1S/C54H38N2Si/c1-6-21-39(22-7-1)44-37-38-51(57(41-25-10-3-11-26-41,42-27-12-4-13-28-42)43-29-14-5-15-30-43)53-46-32-17-19-34-48(46)56(54(44)53)50-36-20-35-49-52(50)45-31-16-18-33-47(45)55(49)40-23-8-2-9-24-40/h1-38H. The number of rotatable bonds is 7. The number of aromatic nitrogens is 2. The monoisotopic (exact) mass is 742 g/mol. The van der Waals surface area contributed by atoms with Crippen LogP contribution in [0, 0.1) is 0 Å². The number of hydrogen-bond acceptors (Lipinski definition) is 0. The van der Waals surface area contributed by atoms with E-state index in [0.717, 1.165) is 5.69 Å². The van der Waals surface area contributed by atoms with Gasteiger partial charge >= 0.3 is 0 Å². The van der Waals surface area contributed by atoms with Crippen molar-refractivity contribution in [3.05, 3.63) is 231 Å². The maximum atomic E-state index is 2.58. The Morgan fingerprint density at radius 2 is 0.772 bits per heavy atom. The molecule has 0 fully saturated rings. The van der Waals surface area contributed by atoms with Crippen LogP contribution in [0.1, 0.15) is 0 Å². The minimum absolute atomic E-state index is 1.15. The van der Waals surface area contributed by atoms with Crippen LogP contribution < -0.4 is 20.7 Å². The summed E-state index contributed by atoms with van der Waals surface area (Å²) in [5.74, 6) is 0. The van der Waals surface area contributed by atoms with Crippen LogP contribution in [0.4, 0.5) is 0 Å². The maximum absolute atomic E-state index is 2.95. The van der Waals surface area contributed by atoms with Gasteiger partial charge < -0.3 is 9.13 Å². The van der Waals surface area contributed by atoms with Gasteiger partial charge in [0.25, 0.3) is 0 Å². The lowest BCUT2D eigenvalue weighted by atomic mass is 10.0. The van der Waals surface area contributed by atoms with Crippen molar-refractivity contribution in [2.75, 3.05) is 0 Å². The molecule has 11 rings (SSSR count). The third-order valence-corrected chi connectivity index (χ3v) is 16.7. The van der Waals surface area contributed by atoms with Crippen LogP contribution >= 0.6 is 0 Å². The molecule has 0 N–H and O–H groups in total. The van der Waals surface area contributed by atoms with Gasteiger partial charge in [-0.15, -0.1) is 0 Å². The van der Waals surface area contributed by atoms with Crippen molar-refractivity contribution in [2.24, 2.45) is 0 Å². The summed E-state index contributed by atoms with van der Waals surface area (Å²) in [6, 6.07) is 85.3. The Bertz CT molecular complexity index is 3110. The first-order valence-corrected chi connectivity index (χ1v) is 21.7. The molecule has 9 aromatic carbocycles. The summed E-state index contributed by atoms with van der Waals surface area (Å²) in [5, 5.41) is 10.5. The molecule has 0 aliphatic heterocycles. The fourth-order valence-corrected chi connectivity index (χ4v) is 14.6. The number of nitrogens with zero attached hydrogens (tertiary/aromatic N) is 2. The van der Waals surface area contributed by atoms with Crippen molar-refractivity contribution in [3.8, 4) is 22.5 Å². The van der Waals surface area contributed by atoms with Crippen molar-refractivity contribution in [1.82, 2.24) is 9.13 Å². The topological polar surface area (TPSA) is 9.86 Å². The molecule has 57 heavy (non-hydrogen) atoms. The molecule has 0 amide bonds. The summed E-state index contributed by atoms with van der Waals surface area (Å²) in [5.41, 5.74) is 9.53. The van der Waals surface area contributed by atoms with Crippen LogP contribution in [-0.2, 0) is 0 Å². The van der Waals surface area contributed by atoms with E-state index in [1.165, 1.54) is 81.2 Å². The highest BCUT2D eigenvalue weighted by Crippen LogP contribution is 2.42. The van der Waals surface area contributed by atoms with E-state index in [-0.39, 0.29) is 0 Å². The van der Waals surface area contributed by atoms with Gasteiger partial charge in [-0.2, -0.15) is 0 Å². The third-order valence-electron chi connectivity index (χ3n) is 11.9. The van der Waals surface area contributed by atoms with Gasteiger partial charge in [0.1, 0.15) is 0 Å². The Kier molecular flexibility index (Phi) is 7.87. The highest BCUT2D eigenvalue weighted by molar-refractivity contribution is 7.20. The zero-order valence-corrected chi connectivity index (χ0v) is 32.3. The predicted octanol–water partition coefficient (Wildman–Crippen LogP) is 10.9. The van der Waals surface area contributed by atoms with E-state index in [4.69, 9.17) is 0 Å². The summed E-state index contributed by atoms with van der Waals surface area (Å²) >= 11 is 0. The molecule has 0 saturated carbocycles. The highest BCUT2D eigenvalue weighted by atomic mass is 28.3. The molecular weight excluding hydrogens is 705 g/mol. The lowest BCUT2D eigenvalue weighted by Crippen LogP contribution is -2.74. The fraction of sp³-hybridized carbons (Fsp3) is 0. The molecule has 268 valence electrons. The molecule has 0 atom stereocenters. The average Bonchev–Trinajstić information content (AvgIpc) is 3.82. The van der Waals surface area contributed by atoms with E-state index < -0.39 is 8.07 Å². The second kappa shape index (κ2) is 13.5. The molecule has 0 radical (unpaired) electrons. The number of benzene rings is 9. The van der Waals surface area contributed by atoms with Gasteiger partial charge in [0, 0.05) is 32.8 Å². The fourth-order valence-electron chi connectivity index (χ4n) is 9.58. The lowest BCUT2D eigenvalue weighted by molar-refractivity contribution is 1.17. The van der Waals surface area contributed by atoms with Gasteiger partial charge in [-0.25, -0.2) is 0 Å². The molecule has 3 heteroatoms. The zero-order valence-electron chi connectivity index (χ0n) is 31.3. The lowest BCUT2D eigenvalue weighted by Gasteiger charge is -2.35. The molecule has 0 aliphatic carbocycles. The van der Waals surface area contributed by atoms with E-state index in [1.807, 2.05) is 0 Å². The Labute approximate surface area is 333 Å². The first-order chi connectivity index (χ1) is 28.3. The van der Waals surface area contributed by atoms with Crippen LogP contribution in [0.2, 0.25) is 0 Å². The van der Waals surface area contributed by atoms with E-state index in [0.29, 0.717) is 0 Å². The predicted molar refractivity (Wildman–Crippen MR) is 244 cm³/mol. The first kappa shape index (κ1) is 33.2. The van der Waals surface area contributed by atoms with Crippen molar-refractivity contribution >= 4 is 72.4 Å². The molecule has 2 aromatic heterocycles. The molecule has 2 nitrogen and oxygen atoms in total. The third kappa shape index (κ3) is 5.03. The second-order valence-electron chi connectivity index (χ2n) is 14.8. The SMILES string of the molecule is c1ccc(-c2ccc([Si](c3ccccc3)(c3ccccc3)c3ccccc3)c3c4ccccc4n(-c4cccc5c4c4ccccc4n5-c4ccccc4)c23)cc1. The average molecular weight is 743 g/mol. The van der Waals surface area contributed by atoms with E-state index in [9.17, 15) is 0 Å². The van der Waals surface area contributed by atoms with Gasteiger partial charge in [0.05, 0.1) is 27.8 Å². The highest BCUT2D eigenvalue weighted by Gasteiger charge is 2.43. The molecule has 0 bridgehead atoms. The first-order valence-electron chi connectivity index (χ1n) is 19.7. The van der Waals surface area contributed by atoms with Crippen LogP contribution in [0.5, 0.6) is 0 Å². The van der Waals surface area contributed by atoms with Gasteiger partial charge in [-0.05, 0) is 62.7 Å². The number of hydrogen-bond donors (Lipinski definition) is 0. The normalized spacial score (nSPS) is 11.9. The Hall–Kier alpha value is -7.20.